The van der Waals surface area contributed by atoms with Crippen LogP contribution in [0.4, 0.5) is 0 Å². The molecule has 0 radical (unpaired) electrons. The second kappa shape index (κ2) is 5.81. The highest BCUT2D eigenvalue weighted by molar-refractivity contribution is 5.89. The number of carboxylic acid groups (broad SMARTS) is 1. The minimum atomic E-state index is -0.863. The number of hydrogen-bond donors (Lipinski definition) is 1. The lowest BCUT2D eigenvalue weighted by Gasteiger charge is -2.27. The quantitative estimate of drug-likeness (QED) is 0.946. The molecule has 1 N–H and O–H groups in total. The third kappa shape index (κ3) is 3.29. The Labute approximate surface area is 136 Å². The molecule has 23 heavy (non-hydrogen) atoms. The fraction of sp³-hybridized carbons (Fsp3) is 0.444. The number of carbonyl (C=O) groups is 1. The van der Waals surface area contributed by atoms with Gasteiger partial charge >= 0.3 is 5.97 Å². The number of fused-ring (bicyclic) bond motifs is 1. The molecule has 0 fully saturated rings. The first-order valence-electron chi connectivity index (χ1n) is 7.95. The van der Waals surface area contributed by atoms with Gasteiger partial charge in [-0.25, -0.2) is 4.79 Å². The van der Waals surface area contributed by atoms with E-state index in [0.717, 1.165) is 30.9 Å². The predicted octanol–water partition coefficient (Wildman–Crippen LogP) is 2.89. The lowest BCUT2D eigenvalue weighted by Crippen LogP contribution is -2.33. The Bertz CT molecular complexity index is 728. The van der Waals surface area contributed by atoms with Gasteiger partial charge in [0.15, 0.2) is 0 Å². The average Bonchev–Trinajstić information content (AvgIpc) is 2.91. The summed E-state index contributed by atoms with van der Waals surface area (Å²) in [6.45, 7) is 9.69. The summed E-state index contributed by atoms with van der Waals surface area (Å²) >= 11 is 0. The highest BCUT2D eigenvalue weighted by Gasteiger charge is 2.24. The molecule has 0 atom stereocenters. The van der Waals surface area contributed by atoms with Gasteiger partial charge < -0.3 is 5.11 Å². The van der Waals surface area contributed by atoms with E-state index in [0.29, 0.717) is 12.1 Å². The highest BCUT2D eigenvalue weighted by atomic mass is 16.4. The normalized spacial score (nSPS) is 15.4. The first-order chi connectivity index (χ1) is 10.8. The van der Waals surface area contributed by atoms with Crippen molar-refractivity contribution in [2.45, 2.75) is 45.8 Å². The van der Waals surface area contributed by atoms with Crippen LogP contribution in [0.25, 0.3) is 0 Å². The number of aromatic nitrogens is 2. The van der Waals surface area contributed by atoms with Crippen LogP contribution in [0.5, 0.6) is 0 Å². The Balaban J connectivity index is 1.78. The van der Waals surface area contributed by atoms with E-state index in [9.17, 15) is 9.90 Å². The molecule has 0 aliphatic carbocycles. The number of nitrogens with zero attached hydrogens (tertiary/aromatic N) is 3. The van der Waals surface area contributed by atoms with Crippen molar-refractivity contribution < 1.29 is 9.90 Å². The molecule has 1 aliphatic heterocycles. The van der Waals surface area contributed by atoms with E-state index in [2.05, 4.69) is 36.4 Å². The number of aromatic carboxylic acids is 1. The maximum Gasteiger partial charge on any atom is 0.336 e. The molecule has 1 aromatic heterocycles. The van der Waals surface area contributed by atoms with Gasteiger partial charge in [0, 0.05) is 25.0 Å². The second-order valence-electron chi connectivity index (χ2n) is 7.17. The molecule has 0 spiro atoms. The molecule has 1 aromatic carbocycles. The van der Waals surface area contributed by atoms with E-state index >= 15 is 0 Å². The van der Waals surface area contributed by atoms with E-state index in [-0.39, 0.29) is 5.41 Å². The molecule has 3 rings (SSSR count). The minimum absolute atomic E-state index is 0.0467. The molecule has 1 aliphatic rings. The molecular formula is C18H23N3O2. The van der Waals surface area contributed by atoms with Crippen molar-refractivity contribution in [1.29, 1.82) is 0 Å². The lowest BCUT2D eigenvalue weighted by molar-refractivity contribution is 0.0694. The fourth-order valence-electron chi connectivity index (χ4n) is 2.93. The standard InChI is InChI=1S/C18H23N3O2/c1-18(2,3)16-10-14-12-20(8-9-21(14)19-16)11-13-6-4-5-7-15(13)17(22)23/h4-7,10H,8-9,11-12H2,1-3H3,(H,22,23). The van der Waals surface area contributed by atoms with Crippen LogP contribution in [0.15, 0.2) is 30.3 Å². The van der Waals surface area contributed by atoms with Gasteiger partial charge in [-0.3, -0.25) is 9.58 Å². The van der Waals surface area contributed by atoms with Gasteiger partial charge in [-0.15, -0.1) is 0 Å². The van der Waals surface area contributed by atoms with Crippen LogP contribution in [-0.2, 0) is 25.0 Å². The topological polar surface area (TPSA) is 58.4 Å². The van der Waals surface area contributed by atoms with Crippen molar-refractivity contribution in [3.05, 3.63) is 52.8 Å². The van der Waals surface area contributed by atoms with Gasteiger partial charge in [0.2, 0.25) is 0 Å². The van der Waals surface area contributed by atoms with Gasteiger partial charge in [-0.05, 0) is 17.7 Å². The van der Waals surface area contributed by atoms with E-state index < -0.39 is 5.97 Å². The van der Waals surface area contributed by atoms with E-state index in [4.69, 9.17) is 5.10 Å². The molecule has 0 saturated heterocycles. The summed E-state index contributed by atoms with van der Waals surface area (Å²) in [5, 5.41) is 14.0. The predicted molar refractivity (Wildman–Crippen MR) is 88.4 cm³/mol. The maximum absolute atomic E-state index is 11.3. The highest BCUT2D eigenvalue weighted by Crippen LogP contribution is 2.24. The molecule has 122 valence electrons. The van der Waals surface area contributed by atoms with Crippen LogP contribution in [0.3, 0.4) is 0 Å². The first kappa shape index (κ1) is 15.7. The Morgan fingerprint density at radius 1 is 1.26 bits per heavy atom. The maximum atomic E-state index is 11.3. The summed E-state index contributed by atoms with van der Waals surface area (Å²) in [5.41, 5.74) is 3.62. The Hall–Kier alpha value is -2.14. The zero-order valence-electron chi connectivity index (χ0n) is 13.9. The fourth-order valence-corrected chi connectivity index (χ4v) is 2.93. The van der Waals surface area contributed by atoms with Gasteiger partial charge in [0.25, 0.3) is 0 Å². The van der Waals surface area contributed by atoms with E-state index in [1.165, 1.54) is 5.69 Å². The number of benzene rings is 1. The van der Waals surface area contributed by atoms with E-state index in [1.54, 1.807) is 12.1 Å². The summed E-state index contributed by atoms with van der Waals surface area (Å²) < 4.78 is 2.08. The molecule has 2 heterocycles. The SMILES string of the molecule is CC(C)(C)c1cc2n(n1)CCN(Cc1ccccc1C(=O)O)C2. The van der Waals surface area contributed by atoms with Crippen LogP contribution in [-0.4, -0.2) is 32.3 Å². The summed E-state index contributed by atoms with van der Waals surface area (Å²) in [4.78, 5) is 13.6. The summed E-state index contributed by atoms with van der Waals surface area (Å²) in [5.74, 6) is -0.863. The van der Waals surface area contributed by atoms with Crippen molar-refractivity contribution in [2.24, 2.45) is 0 Å². The Morgan fingerprint density at radius 3 is 2.70 bits per heavy atom. The van der Waals surface area contributed by atoms with E-state index in [1.807, 2.05) is 12.1 Å². The van der Waals surface area contributed by atoms with Crippen molar-refractivity contribution in [1.82, 2.24) is 14.7 Å². The Morgan fingerprint density at radius 2 is 2.00 bits per heavy atom. The number of rotatable bonds is 3. The summed E-state index contributed by atoms with van der Waals surface area (Å²) in [7, 11) is 0. The third-order valence-electron chi connectivity index (χ3n) is 4.29. The molecule has 0 saturated carbocycles. The van der Waals surface area contributed by atoms with Crippen LogP contribution >= 0.6 is 0 Å². The third-order valence-corrected chi connectivity index (χ3v) is 4.29. The average molecular weight is 313 g/mol. The molecule has 0 unspecified atom stereocenters. The van der Waals surface area contributed by atoms with Crippen LogP contribution in [0.2, 0.25) is 0 Å². The summed E-state index contributed by atoms with van der Waals surface area (Å²) in [6, 6.07) is 9.41. The van der Waals surface area contributed by atoms with Crippen molar-refractivity contribution in [3.63, 3.8) is 0 Å². The molecule has 0 amide bonds. The molecule has 2 aromatic rings. The van der Waals surface area contributed by atoms with Gasteiger partial charge in [0.05, 0.1) is 23.5 Å². The van der Waals surface area contributed by atoms with Gasteiger partial charge in [-0.2, -0.15) is 5.10 Å². The minimum Gasteiger partial charge on any atom is -0.478 e. The molecule has 5 heteroatoms. The van der Waals surface area contributed by atoms with Crippen molar-refractivity contribution in [2.75, 3.05) is 6.54 Å². The molecule has 5 nitrogen and oxygen atoms in total. The van der Waals surface area contributed by atoms with Gasteiger partial charge in [-0.1, -0.05) is 39.0 Å². The molecule has 0 bridgehead atoms. The Kier molecular flexibility index (Phi) is 3.98. The zero-order valence-corrected chi connectivity index (χ0v) is 13.9. The van der Waals surface area contributed by atoms with Crippen molar-refractivity contribution in [3.8, 4) is 0 Å². The van der Waals surface area contributed by atoms with Gasteiger partial charge in [0.1, 0.15) is 0 Å². The van der Waals surface area contributed by atoms with Crippen LogP contribution in [0.1, 0.15) is 48.1 Å². The smallest absolute Gasteiger partial charge is 0.336 e. The zero-order chi connectivity index (χ0) is 16.6. The lowest BCUT2D eigenvalue weighted by atomic mass is 9.92. The largest absolute Gasteiger partial charge is 0.478 e. The van der Waals surface area contributed by atoms with Crippen molar-refractivity contribution >= 4 is 5.97 Å². The number of hydrogen-bond acceptors (Lipinski definition) is 3. The first-order valence-corrected chi connectivity index (χ1v) is 7.95. The van der Waals surface area contributed by atoms with Crippen LogP contribution < -0.4 is 0 Å². The second-order valence-corrected chi connectivity index (χ2v) is 7.17. The van der Waals surface area contributed by atoms with Crippen LogP contribution in [0, 0.1) is 0 Å². The monoisotopic (exact) mass is 313 g/mol. The number of carboxylic acids is 1. The molecular weight excluding hydrogens is 290 g/mol. The summed E-state index contributed by atoms with van der Waals surface area (Å²) in [6.07, 6.45) is 0.